The van der Waals surface area contributed by atoms with Gasteiger partial charge >= 0.3 is 0 Å². The van der Waals surface area contributed by atoms with Gasteiger partial charge in [-0.25, -0.2) is 4.39 Å². The molecule has 0 fully saturated rings. The van der Waals surface area contributed by atoms with Gasteiger partial charge in [0.05, 0.1) is 6.61 Å². The summed E-state index contributed by atoms with van der Waals surface area (Å²) < 4.78 is 12.0. The van der Waals surface area contributed by atoms with Crippen molar-refractivity contribution in [3.05, 3.63) is 0 Å². The smallest absolute Gasteiger partial charge is 0.225 e. The van der Waals surface area contributed by atoms with Crippen LogP contribution >= 0.6 is 0 Å². The van der Waals surface area contributed by atoms with Crippen molar-refractivity contribution in [2.24, 2.45) is 0 Å². The SMILES string of the molecule is OC[C@@H](O)[C@@H](O)[C@H](O)[C@@H](O)C(O)F. The number of rotatable bonds is 5. The molecule has 0 aromatic carbocycles. The summed E-state index contributed by atoms with van der Waals surface area (Å²) >= 11 is 0. The van der Waals surface area contributed by atoms with E-state index in [1.165, 1.54) is 0 Å². The molecule has 0 radical (unpaired) electrons. The highest BCUT2D eigenvalue weighted by Crippen LogP contribution is 2.08. The predicted octanol–water partition coefficient (Wildman–Crippen LogP) is -3.29. The van der Waals surface area contributed by atoms with Crippen molar-refractivity contribution in [2.45, 2.75) is 30.8 Å². The van der Waals surface area contributed by atoms with Gasteiger partial charge < -0.3 is 30.6 Å². The fourth-order valence-electron chi connectivity index (χ4n) is 0.700. The summed E-state index contributed by atoms with van der Waals surface area (Å²) in [6, 6.07) is 0. The Balaban J connectivity index is 4.15. The van der Waals surface area contributed by atoms with Crippen molar-refractivity contribution in [3.63, 3.8) is 0 Å². The second-order valence-electron chi connectivity index (χ2n) is 2.59. The molecule has 1 unspecified atom stereocenters. The van der Waals surface area contributed by atoms with Crippen LogP contribution in [0.4, 0.5) is 4.39 Å². The maximum atomic E-state index is 12.0. The largest absolute Gasteiger partial charge is 0.394 e. The van der Waals surface area contributed by atoms with Crippen molar-refractivity contribution >= 4 is 0 Å². The van der Waals surface area contributed by atoms with Crippen molar-refractivity contribution in [2.75, 3.05) is 6.61 Å². The van der Waals surface area contributed by atoms with Crippen LogP contribution in [-0.2, 0) is 0 Å². The highest BCUT2D eigenvalue weighted by molar-refractivity contribution is 4.81. The molecule has 0 bridgehead atoms. The van der Waals surface area contributed by atoms with Crippen LogP contribution in [0.25, 0.3) is 0 Å². The Kier molecular flexibility index (Phi) is 5.30. The van der Waals surface area contributed by atoms with Crippen LogP contribution < -0.4 is 0 Å². The van der Waals surface area contributed by atoms with E-state index in [4.69, 9.17) is 30.6 Å². The van der Waals surface area contributed by atoms with E-state index in [-0.39, 0.29) is 0 Å². The van der Waals surface area contributed by atoms with Crippen LogP contribution in [0, 0.1) is 0 Å². The van der Waals surface area contributed by atoms with Crippen molar-refractivity contribution in [3.8, 4) is 0 Å². The average molecular weight is 200 g/mol. The summed E-state index contributed by atoms with van der Waals surface area (Å²) in [6.45, 7) is -0.854. The lowest BCUT2D eigenvalue weighted by molar-refractivity contribution is -0.165. The van der Waals surface area contributed by atoms with Crippen LogP contribution in [0.2, 0.25) is 0 Å². The van der Waals surface area contributed by atoms with Gasteiger partial charge in [-0.1, -0.05) is 0 Å². The maximum Gasteiger partial charge on any atom is 0.225 e. The first kappa shape index (κ1) is 12.7. The molecule has 0 aliphatic heterocycles. The topological polar surface area (TPSA) is 121 Å². The van der Waals surface area contributed by atoms with Crippen LogP contribution in [0.15, 0.2) is 0 Å². The first-order chi connectivity index (χ1) is 5.91. The van der Waals surface area contributed by atoms with Gasteiger partial charge in [0, 0.05) is 0 Å². The predicted molar refractivity (Wildman–Crippen MR) is 38.2 cm³/mol. The summed E-state index contributed by atoms with van der Waals surface area (Å²) in [4.78, 5) is 0. The van der Waals surface area contributed by atoms with Gasteiger partial charge in [-0.3, -0.25) is 0 Å². The van der Waals surface area contributed by atoms with E-state index < -0.39 is 37.4 Å². The van der Waals surface area contributed by atoms with E-state index in [9.17, 15) is 4.39 Å². The highest BCUT2D eigenvalue weighted by Gasteiger charge is 2.33. The molecule has 0 saturated heterocycles. The molecule has 0 heterocycles. The molecular formula is C6H13FO6. The molecule has 0 amide bonds. The van der Waals surface area contributed by atoms with Gasteiger partial charge in [0.15, 0.2) is 0 Å². The van der Waals surface area contributed by atoms with Gasteiger partial charge in [-0.05, 0) is 0 Å². The quantitative estimate of drug-likeness (QED) is 0.276. The maximum absolute atomic E-state index is 12.0. The molecule has 0 rings (SSSR count). The standard InChI is InChI=1S/C6H13FO6/c7-6(13)5(12)4(11)3(10)2(9)1-8/h2-6,8-13H,1H2/t2-,3-,4+,5-,6?/m1/s1. The van der Waals surface area contributed by atoms with E-state index in [1.807, 2.05) is 0 Å². The Labute approximate surface area is 73.5 Å². The van der Waals surface area contributed by atoms with E-state index >= 15 is 0 Å². The minimum atomic E-state index is -2.73. The van der Waals surface area contributed by atoms with Gasteiger partial charge in [0.25, 0.3) is 0 Å². The van der Waals surface area contributed by atoms with E-state index in [2.05, 4.69) is 0 Å². The molecule has 6 nitrogen and oxygen atoms in total. The third-order valence-electron chi connectivity index (χ3n) is 1.56. The molecule has 0 aliphatic rings. The minimum Gasteiger partial charge on any atom is -0.394 e. The second kappa shape index (κ2) is 5.43. The Bertz CT molecular complexity index is 143. The molecule has 0 aliphatic carbocycles. The summed E-state index contributed by atoms with van der Waals surface area (Å²) in [6.07, 6.45) is -10.7. The van der Waals surface area contributed by atoms with Crippen LogP contribution in [0.3, 0.4) is 0 Å². The number of hydrogen-bond acceptors (Lipinski definition) is 6. The number of hydrogen-bond donors (Lipinski definition) is 6. The van der Waals surface area contributed by atoms with Gasteiger partial charge in [0.2, 0.25) is 6.36 Å². The third kappa shape index (κ3) is 3.51. The molecule has 6 N–H and O–H groups in total. The fraction of sp³-hybridized carbons (Fsp3) is 1.00. The molecular weight excluding hydrogens is 187 g/mol. The van der Waals surface area contributed by atoms with E-state index in [0.717, 1.165) is 0 Å². The molecule has 0 spiro atoms. The first-order valence-electron chi connectivity index (χ1n) is 3.57. The minimum absolute atomic E-state index is 0.854. The molecule has 0 aromatic heterocycles. The number of aliphatic hydroxyl groups excluding tert-OH is 6. The Hall–Kier alpha value is -0.310. The lowest BCUT2D eigenvalue weighted by atomic mass is 10.0. The van der Waals surface area contributed by atoms with E-state index in [1.54, 1.807) is 0 Å². The fourth-order valence-corrected chi connectivity index (χ4v) is 0.700. The third-order valence-corrected chi connectivity index (χ3v) is 1.56. The molecule has 80 valence electrons. The van der Waals surface area contributed by atoms with Gasteiger partial charge in [-0.15, -0.1) is 0 Å². The highest BCUT2D eigenvalue weighted by atomic mass is 19.1. The number of aliphatic hydroxyl groups is 6. The van der Waals surface area contributed by atoms with Gasteiger partial charge in [0.1, 0.15) is 24.4 Å². The first-order valence-corrected chi connectivity index (χ1v) is 3.57. The van der Waals surface area contributed by atoms with Crippen LogP contribution in [0.1, 0.15) is 0 Å². The lowest BCUT2D eigenvalue weighted by Crippen LogP contribution is -2.49. The van der Waals surface area contributed by atoms with Gasteiger partial charge in [-0.2, -0.15) is 0 Å². The van der Waals surface area contributed by atoms with Crippen molar-refractivity contribution in [1.82, 2.24) is 0 Å². The summed E-state index contributed by atoms with van der Waals surface area (Å²) in [5.41, 5.74) is 0. The number of halogens is 1. The summed E-state index contributed by atoms with van der Waals surface area (Å²) in [5.74, 6) is 0. The monoisotopic (exact) mass is 200 g/mol. The van der Waals surface area contributed by atoms with Crippen molar-refractivity contribution in [1.29, 1.82) is 0 Å². The van der Waals surface area contributed by atoms with Crippen molar-refractivity contribution < 1.29 is 35.0 Å². The Morgan fingerprint density at radius 1 is 0.846 bits per heavy atom. The molecule has 13 heavy (non-hydrogen) atoms. The summed E-state index contributed by atoms with van der Waals surface area (Å²) in [7, 11) is 0. The zero-order chi connectivity index (χ0) is 10.6. The zero-order valence-electron chi connectivity index (χ0n) is 6.66. The molecule has 7 heteroatoms. The van der Waals surface area contributed by atoms with Crippen LogP contribution in [0.5, 0.6) is 0 Å². The molecule has 0 aromatic rings. The lowest BCUT2D eigenvalue weighted by Gasteiger charge is -2.25. The normalized spacial score (nSPS) is 23.3. The zero-order valence-corrected chi connectivity index (χ0v) is 6.66. The number of alkyl halides is 1. The molecule has 0 saturated carbocycles. The average Bonchev–Trinajstić information content (AvgIpc) is 2.12. The summed E-state index contributed by atoms with van der Waals surface area (Å²) in [5, 5.41) is 51.7. The van der Waals surface area contributed by atoms with E-state index in [0.29, 0.717) is 0 Å². The second-order valence-corrected chi connectivity index (χ2v) is 2.59. The Morgan fingerprint density at radius 2 is 1.31 bits per heavy atom. The molecule has 5 atom stereocenters. The Morgan fingerprint density at radius 3 is 1.62 bits per heavy atom. The van der Waals surface area contributed by atoms with Crippen LogP contribution in [-0.4, -0.2) is 68.0 Å².